The highest BCUT2D eigenvalue weighted by Gasteiger charge is 2.35. The molecule has 1 fully saturated rings. The number of hydrazine groups is 1. The van der Waals surface area contributed by atoms with Crippen molar-refractivity contribution in [3.05, 3.63) is 59.7 Å². The Morgan fingerprint density at radius 3 is 2.57 bits per heavy atom. The van der Waals surface area contributed by atoms with E-state index in [1.54, 1.807) is 36.3 Å². The summed E-state index contributed by atoms with van der Waals surface area (Å²) in [7, 11) is 1.54. The third-order valence-electron chi connectivity index (χ3n) is 4.78. The van der Waals surface area contributed by atoms with Crippen molar-refractivity contribution >= 4 is 23.4 Å². The topological polar surface area (TPSA) is 87.7 Å². The molecule has 2 aromatic rings. The van der Waals surface area contributed by atoms with E-state index < -0.39 is 11.8 Å². The molecule has 3 rings (SSSR count). The number of anilines is 1. The number of nitrogens with zero attached hydrogens (tertiary/aromatic N) is 1. The predicted octanol–water partition coefficient (Wildman–Crippen LogP) is 2.07. The number of benzene rings is 2. The molecule has 1 saturated heterocycles. The fraction of sp³-hybridized carbons (Fsp3) is 0.286. The van der Waals surface area contributed by atoms with Crippen LogP contribution in [0.15, 0.2) is 48.5 Å². The van der Waals surface area contributed by atoms with Crippen LogP contribution < -0.4 is 20.5 Å². The van der Waals surface area contributed by atoms with Gasteiger partial charge in [0, 0.05) is 24.2 Å². The smallest absolute Gasteiger partial charge is 0.269 e. The Kier molecular flexibility index (Phi) is 5.93. The largest absolute Gasteiger partial charge is 0.497 e. The first-order valence-corrected chi connectivity index (χ1v) is 9.15. The number of aryl methyl sites for hydroxylation is 1. The lowest BCUT2D eigenvalue weighted by atomic mass is 10.1. The number of carbonyl (C=O) groups excluding carboxylic acids is 3. The Morgan fingerprint density at radius 2 is 1.89 bits per heavy atom. The highest BCUT2D eigenvalue weighted by atomic mass is 16.5. The van der Waals surface area contributed by atoms with Crippen LogP contribution in [0.1, 0.15) is 29.3 Å². The molecule has 1 heterocycles. The number of hydrogen-bond donors (Lipinski definition) is 2. The minimum absolute atomic E-state index is 0.102. The lowest BCUT2D eigenvalue weighted by molar-refractivity contribution is -0.126. The molecule has 7 nitrogen and oxygen atoms in total. The van der Waals surface area contributed by atoms with Crippen molar-refractivity contribution < 1.29 is 19.1 Å². The third-order valence-corrected chi connectivity index (χ3v) is 4.78. The molecule has 1 aliphatic heterocycles. The molecule has 3 amide bonds. The number of methoxy groups -OCH3 is 1. The predicted molar refractivity (Wildman–Crippen MR) is 105 cm³/mol. The molecule has 7 heteroatoms. The SMILES string of the molecule is CCc1cccc(N2CC(C(=O)NNC(=O)c3ccc(OC)cc3)CC2=O)c1. The molecule has 0 radical (unpaired) electrons. The Balaban J connectivity index is 1.57. The van der Waals surface area contributed by atoms with Crippen molar-refractivity contribution in [3.63, 3.8) is 0 Å². The molecule has 2 N–H and O–H groups in total. The van der Waals surface area contributed by atoms with Gasteiger partial charge in [0.05, 0.1) is 13.0 Å². The summed E-state index contributed by atoms with van der Waals surface area (Å²) >= 11 is 0. The maximum absolute atomic E-state index is 12.4. The molecule has 0 bridgehead atoms. The van der Waals surface area contributed by atoms with Crippen molar-refractivity contribution in [3.8, 4) is 5.75 Å². The highest BCUT2D eigenvalue weighted by Crippen LogP contribution is 2.26. The van der Waals surface area contributed by atoms with Crippen molar-refractivity contribution in [2.24, 2.45) is 5.92 Å². The monoisotopic (exact) mass is 381 g/mol. The van der Waals surface area contributed by atoms with Gasteiger partial charge in [-0.3, -0.25) is 25.2 Å². The van der Waals surface area contributed by atoms with Gasteiger partial charge < -0.3 is 9.64 Å². The summed E-state index contributed by atoms with van der Waals surface area (Å²) in [5.74, 6) is -0.807. The van der Waals surface area contributed by atoms with Crippen molar-refractivity contribution in [1.82, 2.24) is 10.9 Å². The zero-order valence-corrected chi connectivity index (χ0v) is 15.9. The minimum Gasteiger partial charge on any atom is -0.497 e. The average molecular weight is 381 g/mol. The average Bonchev–Trinajstić information content (AvgIpc) is 3.13. The summed E-state index contributed by atoms with van der Waals surface area (Å²) in [6, 6.07) is 14.3. The molecule has 146 valence electrons. The van der Waals surface area contributed by atoms with E-state index in [1.165, 1.54) is 0 Å². The van der Waals surface area contributed by atoms with Gasteiger partial charge in [0.15, 0.2) is 0 Å². The van der Waals surface area contributed by atoms with Gasteiger partial charge in [-0.2, -0.15) is 0 Å². The van der Waals surface area contributed by atoms with Gasteiger partial charge in [0.1, 0.15) is 5.75 Å². The number of amides is 3. The van der Waals surface area contributed by atoms with Crippen LogP contribution >= 0.6 is 0 Å². The zero-order chi connectivity index (χ0) is 20.1. The van der Waals surface area contributed by atoms with Crippen molar-refractivity contribution in [2.45, 2.75) is 19.8 Å². The highest BCUT2D eigenvalue weighted by molar-refractivity contribution is 6.01. The first-order valence-electron chi connectivity index (χ1n) is 9.15. The number of rotatable bonds is 5. The summed E-state index contributed by atoms with van der Waals surface area (Å²) in [6.07, 6.45) is 0.984. The quantitative estimate of drug-likeness (QED) is 0.776. The second kappa shape index (κ2) is 8.56. The third kappa shape index (κ3) is 4.31. The van der Waals surface area contributed by atoms with E-state index in [0.29, 0.717) is 11.3 Å². The van der Waals surface area contributed by atoms with Gasteiger partial charge in [0.2, 0.25) is 11.8 Å². The molecule has 1 aliphatic rings. The molecule has 1 unspecified atom stereocenters. The Hall–Kier alpha value is -3.35. The number of carbonyl (C=O) groups is 3. The van der Waals surface area contributed by atoms with E-state index in [9.17, 15) is 14.4 Å². The second-order valence-corrected chi connectivity index (χ2v) is 6.60. The van der Waals surface area contributed by atoms with Crippen LogP contribution in [0.3, 0.4) is 0 Å². The van der Waals surface area contributed by atoms with Gasteiger partial charge in [-0.25, -0.2) is 0 Å². The fourth-order valence-corrected chi connectivity index (χ4v) is 3.11. The van der Waals surface area contributed by atoms with Crippen LogP contribution in [0.25, 0.3) is 0 Å². The summed E-state index contributed by atoms with van der Waals surface area (Å²) in [5, 5.41) is 0. The zero-order valence-electron chi connectivity index (χ0n) is 15.9. The summed E-state index contributed by atoms with van der Waals surface area (Å²) < 4.78 is 5.05. The van der Waals surface area contributed by atoms with Gasteiger partial charge in [0.25, 0.3) is 5.91 Å². The van der Waals surface area contributed by atoms with Gasteiger partial charge in [-0.05, 0) is 48.4 Å². The number of hydrogen-bond acceptors (Lipinski definition) is 4. The Labute approximate surface area is 163 Å². The maximum Gasteiger partial charge on any atom is 0.269 e. The van der Waals surface area contributed by atoms with Crippen molar-refractivity contribution in [1.29, 1.82) is 0 Å². The van der Waals surface area contributed by atoms with Crippen LogP contribution in [-0.2, 0) is 16.0 Å². The first-order chi connectivity index (χ1) is 13.5. The standard InChI is InChI=1S/C21H23N3O4/c1-3-14-5-4-6-17(11-14)24-13-16(12-19(24)25)21(27)23-22-20(26)15-7-9-18(28-2)10-8-15/h4-11,16H,3,12-13H2,1-2H3,(H,22,26)(H,23,27). The molecule has 28 heavy (non-hydrogen) atoms. The lowest BCUT2D eigenvalue weighted by Crippen LogP contribution is -2.45. The van der Waals surface area contributed by atoms with E-state index in [-0.39, 0.29) is 24.8 Å². The van der Waals surface area contributed by atoms with Crippen LogP contribution in [0, 0.1) is 5.92 Å². The summed E-state index contributed by atoms with van der Waals surface area (Å²) in [4.78, 5) is 38.5. The molecule has 0 aromatic heterocycles. The van der Waals surface area contributed by atoms with E-state index in [2.05, 4.69) is 10.9 Å². The van der Waals surface area contributed by atoms with E-state index >= 15 is 0 Å². The number of nitrogens with one attached hydrogen (secondary N) is 2. The van der Waals surface area contributed by atoms with E-state index in [1.807, 2.05) is 31.2 Å². The molecule has 1 atom stereocenters. The lowest BCUT2D eigenvalue weighted by Gasteiger charge is -2.17. The summed E-state index contributed by atoms with van der Waals surface area (Å²) in [5.41, 5.74) is 7.12. The van der Waals surface area contributed by atoms with Crippen molar-refractivity contribution in [2.75, 3.05) is 18.6 Å². The second-order valence-electron chi connectivity index (χ2n) is 6.60. The Bertz CT molecular complexity index is 879. The molecule has 0 aliphatic carbocycles. The van der Waals surface area contributed by atoms with E-state index in [0.717, 1.165) is 17.7 Å². The fourth-order valence-electron chi connectivity index (χ4n) is 3.11. The van der Waals surface area contributed by atoms with Crippen LogP contribution in [0.2, 0.25) is 0 Å². The van der Waals surface area contributed by atoms with Gasteiger partial charge in [-0.15, -0.1) is 0 Å². The van der Waals surface area contributed by atoms with Crippen LogP contribution in [0.4, 0.5) is 5.69 Å². The first kappa shape index (κ1) is 19.4. The molecule has 0 spiro atoms. The Morgan fingerprint density at radius 1 is 1.14 bits per heavy atom. The number of ether oxygens (including phenoxy) is 1. The van der Waals surface area contributed by atoms with Gasteiger partial charge >= 0.3 is 0 Å². The molecular formula is C21H23N3O4. The van der Waals surface area contributed by atoms with Crippen LogP contribution in [0.5, 0.6) is 5.75 Å². The van der Waals surface area contributed by atoms with Crippen LogP contribution in [-0.4, -0.2) is 31.4 Å². The van der Waals surface area contributed by atoms with E-state index in [4.69, 9.17) is 4.74 Å². The molecular weight excluding hydrogens is 358 g/mol. The maximum atomic E-state index is 12.4. The normalized spacial score (nSPS) is 16.0. The minimum atomic E-state index is -0.519. The molecule has 0 saturated carbocycles. The summed E-state index contributed by atoms with van der Waals surface area (Å²) in [6.45, 7) is 2.34. The molecule has 2 aromatic carbocycles. The van der Waals surface area contributed by atoms with Gasteiger partial charge in [-0.1, -0.05) is 19.1 Å².